The highest BCUT2D eigenvalue weighted by Crippen LogP contribution is 2.21. The molecule has 3 N–H and O–H groups in total. The van der Waals surface area contributed by atoms with E-state index in [9.17, 15) is 4.79 Å². The molecule has 0 saturated carbocycles. The van der Waals surface area contributed by atoms with Crippen molar-refractivity contribution in [3.63, 3.8) is 0 Å². The van der Waals surface area contributed by atoms with E-state index in [1.807, 2.05) is 25.2 Å². The van der Waals surface area contributed by atoms with E-state index in [1.165, 1.54) is 5.56 Å². The third-order valence-corrected chi connectivity index (χ3v) is 4.31. The maximum absolute atomic E-state index is 11.1. The summed E-state index contributed by atoms with van der Waals surface area (Å²) >= 11 is 0. The van der Waals surface area contributed by atoms with Gasteiger partial charge >= 0.3 is 13.1 Å². The molecule has 0 aliphatic rings. The molecular formula is C18H30BNO4. The highest BCUT2D eigenvalue weighted by atomic mass is 16.4. The number of carbonyl (C=O) groups is 1. The lowest BCUT2D eigenvalue weighted by atomic mass is 9.80. The zero-order valence-corrected chi connectivity index (χ0v) is 14.8. The normalized spacial score (nSPS) is 13.7. The van der Waals surface area contributed by atoms with Crippen LogP contribution in [0.4, 0.5) is 0 Å². The first kappa shape index (κ1) is 20.7. The summed E-state index contributed by atoms with van der Waals surface area (Å²) in [6.45, 7) is 3.63. The molecule has 0 radical (unpaired) electrons. The summed E-state index contributed by atoms with van der Waals surface area (Å²) in [7, 11) is 0.771. The summed E-state index contributed by atoms with van der Waals surface area (Å²) < 4.78 is 0. The van der Waals surface area contributed by atoms with Crippen molar-refractivity contribution in [3.05, 3.63) is 35.9 Å². The minimum absolute atomic E-state index is 0.109. The predicted molar refractivity (Wildman–Crippen MR) is 96.5 cm³/mol. The fourth-order valence-corrected chi connectivity index (χ4v) is 3.00. The van der Waals surface area contributed by atoms with Crippen molar-refractivity contribution in [2.24, 2.45) is 11.8 Å². The van der Waals surface area contributed by atoms with Gasteiger partial charge in [-0.3, -0.25) is 4.79 Å². The molecule has 5 nitrogen and oxygen atoms in total. The molecule has 6 heteroatoms. The van der Waals surface area contributed by atoms with Gasteiger partial charge in [0.25, 0.3) is 0 Å². The van der Waals surface area contributed by atoms with Crippen LogP contribution in [-0.4, -0.2) is 46.7 Å². The van der Waals surface area contributed by atoms with Crippen LogP contribution in [0.5, 0.6) is 0 Å². The van der Waals surface area contributed by atoms with E-state index >= 15 is 0 Å². The van der Waals surface area contributed by atoms with Crippen molar-refractivity contribution in [1.29, 1.82) is 0 Å². The standard InChI is InChI=1S/C18H30BNO4/c1-15(10-11-19(23)24)8-9-17(12-18(21)22)14-20(2)13-16-6-4-3-5-7-16/h3-7,15,17,23-24H,8-14H2,1-2H3,(H,21,22). The molecule has 0 aromatic heterocycles. The van der Waals surface area contributed by atoms with Crippen LogP contribution in [-0.2, 0) is 11.3 Å². The number of carboxylic acids is 1. The van der Waals surface area contributed by atoms with Crippen LogP contribution >= 0.6 is 0 Å². The summed E-state index contributed by atoms with van der Waals surface area (Å²) in [5.74, 6) is -0.285. The summed E-state index contributed by atoms with van der Waals surface area (Å²) in [5.41, 5.74) is 1.22. The molecule has 0 amide bonds. The summed E-state index contributed by atoms with van der Waals surface area (Å²) in [4.78, 5) is 13.3. The molecule has 0 aliphatic heterocycles. The zero-order chi connectivity index (χ0) is 17.9. The van der Waals surface area contributed by atoms with Crippen molar-refractivity contribution < 1.29 is 19.9 Å². The fourth-order valence-electron chi connectivity index (χ4n) is 3.00. The average molecular weight is 335 g/mol. The molecule has 1 rings (SSSR count). The van der Waals surface area contributed by atoms with Crippen molar-refractivity contribution in [2.45, 2.75) is 45.5 Å². The van der Waals surface area contributed by atoms with Gasteiger partial charge in [-0.2, -0.15) is 0 Å². The lowest BCUT2D eigenvalue weighted by Gasteiger charge is -2.24. The van der Waals surface area contributed by atoms with Crippen LogP contribution in [0.3, 0.4) is 0 Å². The Morgan fingerprint density at radius 3 is 2.42 bits per heavy atom. The van der Waals surface area contributed by atoms with Gasteiger partial charge < -0.3 is 20.1 Å². The topological polar surface area (TPSA) is 81.0 Å². The summed E-state index contributed by atoms with van der Waals surface area (Å²) in [6, 6.07) is 10.2. The first-order valence-corrected chi connectivity index (χ1v) is 8.67. The molecule has 0 heterocycles. The van der Waals surface area contributed by atoms with E-state index in [0.717, 1.165) is 32.4 Å². The van der Waals surface area contributed by atoms with Crippen LogP contribution in [0.15, 0.2) is 30.3 Å². The maximum Gasteiger partial charge on any atom is 0.451 e. The molecule has 1 aromatic rings. The van der Waals surface area contributed by atoms with Gasteiger partial charge in [0, 0.05) is 19.5 Å². The van der Waals surface area contributed by atoms with E-state index in [2.05, 4.69) is 24.0 Å². The maximum atomic E-state index is 11.1. The SMILES string of the molecule is CC(CCB(O)O)CCC(CC(=O)O)CN(C)Cc1ccccc1. The van der Waals surface area contributed by atoms with Gasteiger partial charge in [-0.05, 0) is 37.2 Å². The van der Waals surface area contributed by atoms with Crippen molar-refractivity contribution in [1.82, 2.24) is 4.90 Å². The van der Waals surface area contributed by atoms with Gasteiger partial charge in [0.05, 0.1) is 0 Å². The number of nitrogens with zero attached hydrogens (tertiary/aromatic N) is 1. The van der Waals surface area contributed by atoms with E-state index in [4.69, 9.17) is 15.2 Å². The Hall–Kier alpha value is -1.37. The lowest BCUT2D eigenvalue weighted by Crippen LogP contribution is -2.27. The molecule has 0 aliphatic carbocycles. The third-order valence-electron chi connectivity index (χ3n) is 4.31. The fraction of sp³-hybridized carbons (Fsp3) is 0.611. The van der Waals surface area contributed by atoms with Gasteiger partial charge in [0.1, 0.15) is 0 Å². The largest absolute Gasteiger partial charge is 0.481 e. The smallest absolute Gasteiger partial charge is 0.451 e. The van der Waals surface area contributed by atoms with Gasteiger partial charge in [0.15, 0.2) is 0 Å². The summed E-state index contributed by atoms with van der Waals surface area (Å²) in [5, 5.41) is 27.0. The second kappa shape index (κ2) is 11.2. The highest BCUT2D eigenvalue weighted by molar-refractivity contribution is 6.40. The Morgan fingerprint density at radius 2 is 1.83 bits per heavy atom. The number of benzene rings is 1. The van der Waals surface area contributed by atoms with Crippen molar-refractivity contribution >= 4 is 13.1 Å². The second-order valence-electron chi connectivity index (χ2n) is 6.89. The van der Waals surface area contributed by atoms with Crippen LogP contribution < -0.4 is 0 Å². The first-order valence-electron chi connectivity index (χ1n) is 8.67. The number of rotatable bonds is 12. The van der Waals surface area contributed by atoms with E-state index in [0.29, 0.717) is 12.2 Å². The van der Waals surface area contributed by atoms with E-state index in [1.54, 1.807) is 0 Å². The predicted octanol–water partition coefficient (Wildman–Crippen LogP) is 2.49. The second-order valence-corrected chi connectivity index (χ2v) is 6.89. The molecule has 0 fully saturated rings. The van der Waals surface area contributed by atoms with Crippen LogP contribution in [0.2, 0.25) is 6.32 Å². The van der Waals surface area contributed by atoms with Crippen molar-refractivity contribution in [3.8, 4) is 0 Å². The molecule has 1 aromatic carbocycles. The summed E-state index contributed by atoms with van der Waals surface area (Å²) in [6.07, 6.45) is 3.04. The molecule has 2 unspecified atom stereocenters. The molecule has 0 spiro atoms. The number of hydrogen-bond donors (Lipinski definition) is 3. The Bertz CT molecular complexity index is 469. The van der Waals surface area contributed by atoms with Gasteiger partial charge in [-0.1, -0.05) is 50.1 Å². The Balaban J connectivity index is 2.44. The van der Waals surface area contributed by atoms with Gasteiger partial charge in [0.2, 0.25) is 0 Å². The Kier molecular flexibility index (Phi) is 9.68. The van der Waals surface area contributed by atoms with Crippen LogP contribution in [0.25, 0.3) is 0 Å². The third kappa shape index (κ3) is 9.70. The minimum Gasteiger partial charge on any atom is -0.481 e. The van der Waals surface area contributed by atoms with E-state index in [-0.39, 0.29) is 12.3 Å². The average Bonchev–Trinajstić information content (AvgIpc) is 2.51. The number of hydrogen-bond acceptors (Lipinski definition) is 4. The van der Waals surface area contributed by atoms with Gasteiger partial charge in [-0.25, -0.2) is 0 Å². The monoisotopic (exact) mass is 335 g/mol. The molecular weight excluding hydrogens is 305 g/mol. The number of carboxylic acid groups (broad SMARTS) is 1. The minimum atomic E-state index is -1.25. The highest BCUT2D eigenvalue weighted by Gasteiger charge is 2.18. The van der Waals surface area contributed by atoms with Crippen LogP contribution in [0, 0.1) is 11.8 Å². The molecule has 0 saturated heterocycles. The molecule has 0 bridgehead atoms. The van der Waals surface area contributed by atoms with Gasteiger partial charge in [-0.15, -0.1) is 0 Å². The Labute approximate surface area is 145 Å². The first-order chi connectivity index (χ1) is 11.4. The lowest BCUT2D eigenvalue weighted by molar-refractivity contribution is -0.138. The quantitative estimate of drug-likeness (QED) is 0.511. The molecule has 134 valence electrons. The van der Waals surface area contributed by atoms with Crippen LogP contribution in [0.1, 0.15) is 38.2 Å². The van der Waals surface area contributed by atoms with Crippen molar-refractivity contribution in [2.75, 3.05) is 13.6 Å². The molecule has 2 atom stereocenters. The van der Waals surface area contributed by atoms with E-state index < -0.39 is 13.1 Å². The zero-order valence-electron chi connectivity index (χ0n) is 14.8. The Morgan fingerprint density at radius 1 is 1.17 bits per heavy atom. The molecule has 24 heavy (non-hydrogen) atoms. The number of aliphatic carboxylic acids is 1.